The van der Waals surface area contributed by atoms with Crippen molar-refractivity contribution < 1.29 is 14.7 Å². The number of carboxylic acids is 1. The van der Waals surface area contributed by atoms with Gasteiger partial charge in [-0.2, -0.15) is 0 Å². The van der Waals surface area contributed by atoms with Gasteiger partial charge in [-0.15, -0.1) is 23.5 Å². The smallest absolute Gasteiger partial charge is 0.347 e. The lowest BCUT2D eigenvalue weighted by molar-refractivity contribution is -0.142. The van der Waals surface area contributed by atoms with Gasteiger partial charge in [0.1, 0.15) is 10.8 Å². The summed E-state index contributed by atoms with van der Waals surface area (Å²) in [7, 11) is 0. The molecule has 3 nitrogen and oxygen atoms in total. The summed E-state index contributed by atoms with van der Waals surface area (Å²) in [6.07, 6.45) is 9.11. The second-order valence-corrected chi connectivity index (χ2v) is 13.6. The van der Waals surface area contributed by atoms with Gasteiger partial charge < -0.3 is 5.11 Å². The molecule has 1 heterocycles. The molecule has 4 fully saturated rings. The Morgan fingerprint density at radius 1 is 1.14 bits per heavy atom. The maximum absolute atomic E-state index is 13.6. The molecule has 1 spiro atoms. The van der Waals surface area contributed by atoms with Crippen LogP contribution >= 0.6 is 35.1 Å². The zero-order valence-corrected chi connectivity index (χ0v) is 19.5. The zero-order valence-electron chi connectivity index (χ0n) is 17.1. The van der Waals surface area contributed by atoms with Crippen molar-refractivity contribution in [3.05, 3.63) is 22.3 Å². The third-order valence-corrected chi connectivity index (χ3v) is 12.6. The number of rotatable bonds is 1. The summed E-state index contributed by atoms with van der Waals surface area (Å²) >= 11 is 10.4. The van der Waals surface area contributed by atoms with Crippen molar-refractivity contribution in [3.8, 4) is 0 Å². The zero-order chi connectivity index (χ0) is 20.6. The number of carbonyl (C=O) groups excluding carboxylic acids is 1. The van der Waals surface area contributed by atoms with Crippen molar-refractivity contribution in [1.29, 1.82) is 0 Å². The fourth-order valence-corrected chi connectivity index (χ4v) is 11.0. The Kier molecular flexibility index (Phi) is 4.81. The minimum atomic E-state index is -1.05. The summed E-state index contributed by atoms with van der Waals surface area (Å²) in [6, 6.07) is 0. The number of carboxylic acid groups (broad SMARTS) is 1. The number of thioether (sulfide) groups is 2. The van der Waals surface area contributed by atoms with Crippen LogP contribution < -0.4 is 0 Å². The lowest BCUT2D eigenvalue weighted by Crippen LogP contribution is -2.54. The highest BCUT2D eigenvalue weighted by Gasteiger charge is 2.62. The second-order valence-electron chi connectivity index (χ2n) is 10.1. The molecule has 29 heavy (non-hydrogen) atoms. The summed E-state index contributed by atoms with van der Waals surface area (Å²) in [5, 5.41) is 9.41. The molecular formula is C23H29ClO3S2. The highest BCUT2D eigenvalue weighted by Crippen LogP contribution is 2.68. The monoisotopic (exact) mass is 452 g/mol. The van der Waals surface area contributed by atoms with E-state index in [1.165, 1.54) is 17.1 Å². The first-order valence-corrected chi connectivity index (χ1v) is 13.2. The van der Waals surface area contributed by atoms with Gasteiger partial charge in [0, 0.05) is 29.3 Å². The molecule has 6 heteroatoms. The number of hydrogen-bond donors (Lipinski definition) is 1. The van der Waals surface area contributed by atoms with Crippen molar-refractivity contribution >= 4 is 46.9 Å². The lowest BCUT2D eigenvalue weighted by Gasteiger charge is -2.57. The highest BCUT2D eigenvalue weighted by atomic mass is 35.5. The SMILES string of the molecule is C[C@]12CCC3(C=C1CC[C@@H]1[C@@H]2C(=O)C[C@]2(C)C(=C(Cl)C(=O)O)CC[C@@H]12)SCCS3. The molecule has 0 radical (unpaired) electrons. The largest absolute Gasteiger partial charge is 0.477 e. The van der Waals surface area contributed by atoms with E-state index in [2.05, 4.69) is 43.4 Å². The van der Waals surface area contributed by atoms with Crippen molar-refractivity contribution in [1.82, 2.24) is 0 Å². The van der Waals surface area contributed by atoms with E-state index in [1.807, 2.05) is 0 Å². The molecule has 3 saturated carbocycles. The normalized spacial score (nSPS) is 44.7. The Balaban J connectivity index is 1.52. The van der Waals surface area contributed by atoms with E-state index in [9.17, 15) is 14.7 Å². The van der Waals surface area contributed by atoms with Crippen LogP contribution in [0.4, 0.5) is 0 Å². The predicted molar refractivity (Wildman–Crippen MR) is 120 cm³/mol. The van der Waals surface area contributed by atoms with E-state index in [1.54, 1.807) is 0 Å². The molecule has 1 saturated heterocycles. The highest BCUT2D eigenvalue weighted by molar-refractivity contribution is 8.21. The van der Waals surface area contributed by atoms with Crippen molar-refractivity contribution in [2.24, 2.45) is 28.6 Å². The molecule has 1 aliphatic heterocycles. The van der Waals surface area contributed by atoms with E-state index >= 15 is 0 Å². The van der Waals surface area contributed by atoms with Crippen LogP contribution in [0.25, 0.3) is 0 Å². The third-order valence-electron chi connectivity index (χ3n) is 8.83. The van der Waals surface area contributed by atoms with Gasteiger partial charge in [0.25, 0.3) is 0 Å². The predicted octanol–water partition coefficient (Wildman–Crippen LogP) is 5.88. The Bertz CT molecular complexity index is 843. The van der Waals surface area contributed by atoms with E-state index in [-0.39, 0.29) is 25.9 Å². The van der Waals surface area contributed by atoms with Gasteiger partial charge in [-0.05, 0) is 61.3 Å². The number of aliphatic carboxylic acids is 1. The van der Waals surface area contributed by atoms with Gasteiger partial charge in [-0.1, -0.05) is 37.1 Å². The molecule has 158 valence electrons. The minimum absolute atomic E-state index is 0.0145. The topological polar surface area (TPSA) is 54.4 Å². The Morgan fingerprint density at radius 2 is 1.86 bits per heavy atom. The molecule has 0 aromatic heterocycles. The van der Waals surface area contributed by atoms with Crippen LogP contribution in [-0.4, -0.2) is 32.4 Å². The molecule has 0 bridgehead atoms. The van der Waals surface area contributed by atoms with Crippen molar-refractivity contribution in [2.45, 2.75) is 62.9 Å². The van der Waals surface area contributed by atoms with Crippen LogP contribution in [0.15, 0.2) is 22.3 Å². The van der Waals surface area contributed by atoms with Gasteiger partial charge in [0.05, 0.1) is 4.08 Å². The molecular weight excluding hydrogens is 424 g/mol. The first-order valence-electron chi connectivity index (χ1n) is 10.9. The van der Waals surface area contributed by atoms with Crippen LogP contribution in [0.2, 0.25) is 0 Å². The molecule has 1 N–H and O–H groups in total. The first kappa shape index (κ1) is 20.5. The number of Topliss-reactive ketones (excluding diaryl/α,β-unsaturated/α-hetero) is 1. The van der Waals surface area contributed by atoms with E-state index < -0.39 is 5.97 Å². The Morgan fingerprint density at radius 3 is 2.55 bits per heavy atom. The average Bonchev–Trinajstić information content (AvgIpc) is 3.25. The second kappa shape index (κ2) is 6.80. The summed E-state index contributed by atoms with van der Waals surface area (Å²) in [5.41, 5.74) is 1.95. The average molecular weight is 453 g/mol. The number of halogens is 1. The minimum Gasteiger partial charge on any atom is -0.477 e. The maximum Gasteiger partial charge on any atom is 0.347 e. The maximum atomic E-state index is 13.6. The van der Waals surface area contributed by atoms with Crippen LogP contribution in [0.1, 0.15) is 58.8 Å². The summed E-state index contributed by atoms with van der Waals surface area (Å²) in [4.78, 5) is 25.2. The quantitative estimate of drug-likeness (QED) is 0.397. The van der Waals surface area contributed by atoms with Gasteiger partial charge in [0.2, 0.25) is 0 Å². The van der Waals surface area contributed by atoms with Gasteiger partial charge >= 0.3 is 5.97 Å². The molecule has 5 aliphatic rings. The first-order chi connectivity index (χ1) is 13.7. The van der Waals surface area contributed by atoms with Gasteiger partial charge in [0.15, 0.2) is 0 Å². The number of allylic oxidation sites excluding steroid dienone is 2. The standard InChI is InChI=1S/C23H29ClO3S2/c1-21-7-8-23(28-9-10-29-23)11-13(21)3-4-14-15-5-6-16(19(24)20(26)27)22(15,2)12-17(25)18(14)21/h11,14-15,18H,3-10,12H2,1-2H3,(H,26,27)/t14-,15-,18+,21-,22-/m0/s1. The van der Waals surface area contributed by atoms with Crippen LogP contribution in [-0.2, 0) is 9.59 Å². The van der Waals surface area contributed by atoms with E-state index in [0.717, 1.165) is 44.1 Å². The number of fused-ring (bicyclic) bond motifs is 5. The van der Waals surface area contributed by atoms with Crippen LogP contribution in [0, 0.1) is 28.6 Å². The summed E-state index contributed by atoms with van der Waals surface area (Å²) < 4.78 is 0.256. The van der Waals surface area contributed by atoms with Gasteiger partial charge in [-0.25, -0.2) is 4.79 Å². The number of ketones is 1. The molecule has 0 amide bonds. The Labute approximate surface area is 186 Å². The summed E-state index contributed by atoms with van der Waals surface area (Å²) in [6.45, 7) is 4.46. The van der Waals surface area contributed by atoms with E-state index in [4.69, 9.17) is 11.6 Å². The van der Waals surface area contributed by atoms with Crippen LogP contribution in [0.5, 0.6) is 0 Å². The summed E-state index contributed by atoms with van der Waals surface area (Å²) in [5.74, 6) is 2.58. The molecule has 0 aromatic rings. The van der Waals surface area contributed by atoms with E-state index in [0.29, 0.717) is 24.0 Å². The van der Waals surface area contributed by atoms with Crippen molar-refractivity contribution in [3.63, 3.8) is 0 Å². The Hall–Kier alpha value is -0.390. The lowest BCUT2D eigenvalue weighted by atomic mass is 9.47. The van der Waals surface area contributed by atoms with Crippen LogP contribution in [0.3, 0.4) is 0 Å². The molecule has 5 atom stereocenters. The number of carbonyl (C=O) groups is 2. The fraction of sp³-hybridized carbons (Fsp3) is 0.739. The molecule has 0 aromatic carbocycles. The van der Waals surface area contributed by atoms with Crippen molar-refractivity contribution in [2.75, 3.05) is 11.5 Å². The van der Waals surface area contributed by atoms with Gasteiger partial charge in [-0.3, -0.25) is 4.79 Å². The molecule has 4 aliphatic carbocycles. The molecule has 5 rings (SSSR count). The number of hydrogen-bond acceptors (Lipinski definition) is 4. The molecule has 0 unspecified atom stereocenters. The third kappa shape index (κ3) is 2.86. The fourth-order valence-electron chi connectivity index (χ4n) is 7.51.